The first-order valence-electron chi connectivity index (χ1n) is 8.75. The SMILES string of the molecule is O=C(NCCOc1ccc2nnc(-c3ccccc3)n2n1)c1cc(Cl)cc(Cl)c1. The van der Waals surface area contributed by atoms with Crippen LogP contribution in [-0.2, 0) is 0 Å². The fraction of sp³-hybridized carbons (Fsp3) is 0.100. The largest absolute Gasteiger partial charge is 0.475 e. The van der Waals surface area contributed by atoms with Gasteiger partial charge in [-0.25, -0.2) is 0 Å². The van der Waals surface area contributed by atoms with Gasteiger partial charge in [0.05, 0.1) is 6.54 Å². The van der Waals surface area contributed by atoms with Crippen LogP contribution in [0.3, 0.4) is 0 Å². The Hall–Kier alpha value is -3.16. The second-order valence-corrected chi connectivity index (χ2v) is 6.97. The highest BCUT2D eigenvalue weighted by Crippen LogP contribution is 2.19. The molecular weight excluding hydrogens is 413 g/mol. The van der Waals surface area contributed by atoms with Crippen molar-refractivity contribution in [3.63, 3.8) is 0 Å². The Balaban J connectivity index is 1.39. The predicted octanol–water partition coefficient (Wildman–Crippen LogP) is 3.91. The monoisotopic (exact) mass is 427 g/mol. The number of rotatable bonds is 6. The number of hydrogen-bond donors (Lipinski definition) is 1. The van der Waals surface area contributed by atoms with Crippen molar-refractivity contribution in [3.05, 3.63) is 76.3 Å². The zero-order valence-electron chi connectivity index (χ0n) is 15.0. The number of carbonyl (C=O) groups excluding carboxylic acids is 1. The third kappa shape index (κ3) is 4.47. The molecule has 1 amide bonds. The molecule has 0 aliphatic carbocycles. The first kappa shape index (κ1) is 19.2. The van der Waals surface area contributed by atoms with Crippen LogP contribution in [0.15, 0.2) is 60.7 Å². The smallest absolute Gasteiger partial charge is 0.251 e. The van der Waals surface area contributed by atoms with Crippen molar-refractivity contribution in [2.75, 3.05) is 13.2 Å². The van der Waals surface area contributed by atoms with E-state index in [0.29, 0.717) is 33.0 Å². The van der Waals surface area contributed by atoms with Crippen LogP contribution >= 0.6 is 23.2 Å². The molecule has 0 saturated heterocycles. The van der Waals surface area contributed by atoms with Crippen molar-refractivity contribution in [2.24, 2.45) is 0 Å². The number of halogens is 2. The van der Waals surface area contributed by atoms with Gasteiger partial charge in [-0.2, -0.15) is 4.52 Å². The molecule has 0 fully saturated rings. The van der Waals surface area contributed by atoms with Crippen molar-refractivity contribution in [1.82, 2.24) is 25.1 Å². The molecule has 0 aliphatic rings. The molecule has 1 N–H and O–H groups in total. The summed E-state index contributed by atoms with van der Waals surface area (Å²) >= 11 is 11.8. The fourth-order valence-corrected chi connectivity index (χ4v) is 3.25. The number of aromatic nitrogens is 4. The van der Waals surface area contributed by atoms with Gasteiger partial charge in [-0.05, 0) is 24.3 Å². The highest BCUT2D eigenvalue weighted by molar-refractivity contribution is 6.35. The Morgan fingerprint density at radius 1 is 1.00 bits per heavy atom. The molecule has 29 heavy (non-hydrogen) atoms. The zero-order valence-corrected chi connectivity index (χ0v) is 16.6. The van der Waals surface area contributed by atoms with Gasteiger partial charge in [-0.15, -0.1) is 15.3 Å². The molecule has 0 atom stereocenters. The lowest BCUT2D eigenvalue weighted by Gasteiger charge is -2.08. The van der Waals surface area contributed by atoms with E-state index in [1.165, 1.54) is 0 Å². The number of fused-ring (bicyclic) bond motifs is 1. The van der Waals surface area contributed by atoms with E-state index >= 15 is 0 Å². The van der Waals surface area contributed by atoms with E-state index in [1.807, 2.05) is 30.3 Å². The van der Waals surface area contributed by atoms with Gasteiger partial charge in [-0.3, -0.25) is 4.79 Å². The lowest BCUT2D eigenvalue weighted by atomic mass is 10.2. The van der Waals surface area contributed by atoms with Crippen molar-refractivity contribution in [3.8, 4) is 17.3 Å². The molecule has 146 valence electrons. The molecular formula is C20H15Cl2N5O2. The third-order valence-corrected chi connectivity index (χ3v) is 4.47. The molecule has 0 saturated carbocycles. The normalized spacial score (nSPS) is 10.8. The highest BCUT2D eigenvalue weighted by atomic mass is 35.5. The number of hydrogen-bond acceptors (Lipinski definition) is 5. The zero-order chi connectivity index (χ0) is 20.2. The van der Waals surface area contributed by atoms with E-state index in [1.54, 1.807) is 34.8 Å². The Kier molecular flexibility index (Phi) is 5.59. The number of benzene rings is 2. The van der Waals surface area contributed by atoms with E-state index in [-0.39, 0.29) is 19.1 Å². The molecule has 0 radical (unpaired) electrons. The molecule has 0 unspecified atom stereocenters. The Morgan fingerprint density at radius 2 is 1.76 bits per heavy atom. The Bertz CT molecular complexity index is 1140. The average molecular weight is 428 g/mol. The topological polar surface area (TPSA) is 81.4 Å². The maximum Gasteiger partial charge on any atom is 0.251 e. The summed E-state index contributed by atoms with van der Waals surface area (Å²) in [5.41, 5.74) is 1.90. The number of carbonyl (C=O) groups is 1. The summed E-state index contributed by atoms with van der Waals surface area (Å²) in [4.78, 5) is 12.2. The molecule has 9 heteroatoms. The predicted molar refractivity (Wildman–Crippen MR) is 111 cm³/mol. The van der Waals surface area contributed by atoms with Crippen LogP contribution in [-0.4, -0.2) is 38.9 Å². The van der Waals surface area contributed by atoms with Crippen molar-refractivity contribution in [2.45, 2.75) is 0 Å². The van der Waals surface area contributed by atoms with Crippen LogP contribution in [0.25, 0.3) is 17.0 Å². The maximum absolute atomic E-state index is 12.2. The van der Waals surface area contributed by atoms with E-state index < -0.39 is 0 Å². The molecule has 2 heterocycles. The number of nitrogens with one attached hydrogen (secondary N) is 1. The van der Waals surface area contributed by atoms with Crippen molar-refractivity contribution >= 4 is 34.8 Å². The number of amides is 1. The average Bonchev–Trinajstić information content (AvgIpc) is 3.14. The number of nitrogens with zero attached hydrogens (tertiary/aromatic N) is 4. The summed E-state index contributed by atoms with van der Waals surface area (Å²) in [6.45, 7) is 0.526. The lowest BCUT2D eigenvalue weighted by Crippen LogP contribution is -2.28. The van der Waals surface area contributed by atoms with Gasteiger partial charge in [0, 0.05) is 27.2 Å². The molecule has 0 bridgehead atoms. The minimum absolute atomic E-state index is 0.237. The van der Waals surface area contributed by atoms with E-state index in [2.05, 4.69) is 20.6 Å². The Labute approximate surface area is 176 Å². The first-order chi connectivity index (χ1) is 14.1. The van der Waals surface area contributed by atoms with E-state index in [0.717, 1.165) is 5.56 Å². The van der Waals surface area contributed by atoms with Crippen LogP contribution in [0.5, 0.6) is 5.88 Å². The fourth-order valence-electron chi connectivity index (χ4n) is 2.72. The lowest BCUT2D eigenvalue weighted by molar-refractivity contribution is 0.0946. The Morgan fingerprint density at radius 3 is 2.52 bits per heavy atom. The molecule has 2 aromatic heterocycles. The quantitative estimate of drug-likeness (QED) is 0.471. The molecule has 0 spiro atoms. The van der Waals surface area contributed by atoms with Crippen LogP contribution in [0, 0.1) is 0 Å². The van der Waals surface area contributed by atoms with Gasteiger partial charge in [0.1, 0.15) is 6.61 Å². The van der Waals surface area contributed by atoms with Gasteiger partial charge >= 0.3 is 0 Å². The van der Waals surface area contributed by atoms with E-state index in [4.69, 9.17) is 27.9 Å². The highest BCUT2D eigenvalue weighted by Gasteiger charge is 2.11. The summed E-state index contributed by atoms with van der Waals surface area (Å²) < 4.78 is 7.28. The number of ether oxygens (including phenoxy) is 1. The van der Waals surface area contributed by atoms with Crippen molar-refractivity contribution in [1.29, 1.82) is 0 Å². The van der Waals surface area contributed by atoms with Gasteiger partial charge in [0.25, 0.3) is 5.91 Å². The molecule has 7 nitrogen and oxygen atoms in total. The second kappa shape index (κ2) is 8.46. The summed E-state index contributed by atoms with van der Waals surface area (Å²) in [6, 6.07) is 17.8. The van der Waals surface area contributed by atoms with Gasteiger partial charge < -0.3 is 10.1 Å². The minimum Gasteiger partial charge on any atom is -0.475 e. The van der Waals surface area contributed by atoms with Crippen LogP contribution in [0.1, 0.15) is 10.4 Å². The van der Waals surface area contributed by atoms with E-state index in [9.17, 15) is 4.79 Å². The van der Waals surface area contributed by atoms with Gasteiger partial charge in [-0.1, -0.05) is 53.5 Å². The summed E-state index contributed by atoms with van der Waals surface area (Å²) in [6.07, 6.45) is 0. The first-order valence-corrected chi connectivity index (χ1v) is 9.51. The molecule has 2 aromatic carbocycles. The van der Waals surface area contributed by atoms with Crippen LogP contribution in [0.2, 0.25) is 10.0 Å². The minimum atomic E-state index is -0.286. The van der Waals surface area contributed by atoms with Crippen molar-refractivity contribution < 1.29 is 9.53 Å². The van der Waals surface area contributed by atoms with Gasteiger partial charge in [0.2, 0.25) is 5.88 Å². The summed E-state index contributed by atoms with van der Waals surface area (Å²) in [5, 5.41) is 16.3. The molecule has 4 aromatic rings. The third-order valence-electron chi connectivity index (χ3n) is 4.03. The molecule has 4 rings (SSSR count). The standard InChI is InChI=1S/C20H15Cl2N5O2/c21-15-10-14(11-16(22)12-15)20(28)23-8-9-29-18-7-6-17-24-25-19(27(17)26-18)13-4-2-1-3-5-13/h1-7,10-12H,8-9H2,(H,23,28). The van der Waals surface area contributed by atoms with Gasteiger partial charge in [0.15, 0.2) is 11.5 Å². The summed E-state index contributed by atoms with van der Waals surface area (Å²) in [5.74, 6) is 0.735. The molecule has 0 aliphatic heterocycles. The second-order valence-electron chi connectivity index (χ2n) is 6.09. The summed E-state index contributed by atoms with van der Waals surface area (Å²) in [7, 11) is 0. The van der Waals surface area contributed by atoms with Crippen LogP contribution in [0.4, 0.5) is 0 Å². The maximum atomic E-state index is 12.2. The van der Waals surface area contributed by atoms with Crippen LogP contribution < -0.4 is 10.1 Å².